The van der Waals surface area contributed by atoms with Crippen molar-refractivity contribution in [3.05, 3.63) is 41.5 Å². The van der Waals surface area contributed by atoms with Crippen LogP contribution in [0.2, 0.25) is 0 Å². The lowest BCUT2D eigenvalue weighted by atomic mass is 9.68. The largest absolute Gasteiger partial charge is 0.0839 e. The summed E-state index contributed by atoms with van der Waals surface area (Å²) in [7, 11) is 0. The average Bonchev–Trinajstić information content (AvgIpc) is 2.78. The first-order valence-corrected chi connectivity index (χ1v) is 13.0. The van der Waals surface area contributed by atoms with Gasteiger partial charge in [0.25, 0.3) is 0 Å². The van der Waals surface area contributed by atoms with E-state index in [0.29, 0.717) is 0 Å². The van der Waals surface area contributed by atoms with E-state index in [1.807, 2.05) is 0 Å². The van der Waals surface area contributed by atoms with Crippen LogP contribution in [0, 0.1) is 23.7 Å². The van der Waals surface area contributed by atoms with E-state index in [1.54, 1.807) is 25.7 Å². The summed E-state index contributed by atoms with van der Waals surface area (Å²) in [6.45, 7) is 4.55. The van der Waals surface area contributed by atoms with Crippen LogP contribution in [-0.2, 0) is 6.42 Å². The van der Waals surface area contributed by atoms with Gasteiger partial charge < -0.3 is 0 Å². The zero-order chi connectivity index (χ0) is 20.3. The third-order valence-corrected chi connectivity index (χ3v) is 8.11. The molecule has 0 aromatic heterocycles. The lowest BCUT2D eigenvalue weighted by Crippen LogP contribution is -2.25. The van der Waals surface area contributed by atoms with Crippen LogP contribution in [0.5, 0.6) is 0 Å². The fourth-order valence-corrected chi connectivity index (χ4v) is 6.00. The molecule has 2 saturated carbocycles. The predicted molar refractivity (Wildman–Crippen MR) is 129 cm³/mol. The number of aryl methyl sites for hydroxylation is 1. The predicted octanol–water partition coefficient (Wildman–Crippen LogP) is 9.24. The molecule has 0 amide bonds. The van der Waals surface area contributed by atoms with Crippen LogP contribution >= 0.6 is 0 Å². The van der Waals surface area contributed by atoms with E-state index in [2.05, 4.69) is 50.3 Å². The van der Waals surface area contributed by atoms with Gasteiger partial charge in [0.2, 0.25) is 0 Å². The van der Waals surface area contributed by atoms with E-state index in [4.69, 9.17) is 0 Å². The molecule has 0 nitrogen and oxygen atoms in total. The Morgan fingerprint density at radius 1 is 0.724 bits per heavy atom. The number of hydrogen-bond donors (Lipinski definition) is 0. The van der Waals surface area contributed by atoms with Crippen molar-refractivity contribution in [3.63, 3.8) is 0 Å². The van der Waals surface area contributed by atoms with Crippen molar-refractivity contribution in [1.82, 2.24) is 0 Å². The molecule has 0 aliphatic heterocycles. The van der Waals surface area contributed by atoms with Crippen molar-refractivity contribution in [3.8, 4) is 0 Å². The van der Waals surface area contributed by atoms with Gasteiger partial charge in [-0.25, -0.2) is 0 Å². The molecule has 0 spiro atoms. The van der Waals surface area contributed by atoms with Gasteiger partial charge in [-0.3, -0.25) is 0 Å². The molecule has 0 unspecified atom stereocenters. The molecule has 2 fully saturated rings. The molecular formula is C29H46. The first kappa shape index (κ1) is 22.6. The Labute approximate surface area is 181 Å². The standard InChI is InChI=1S/C29H46/c1-3-5-6-9-26-16-20-28(21-17-26)29-22-18-27(19-23-29)11-8-7-10-25-14-12-24(4-2)13-15-25/h7,10,12-15,26-29H,3-6,8-9,11,16-23H2,1-2H3. The summed E-state index contributed by atoms with van der Waals surface area (Å²) in [6.07, 6.45) is 26.6. The highest BCUT2D eigenvalue weighted by atomic mass is 14.4. The summed E-state index contributed by atoms with van der Waals surface area (Å²) in [5, 5.41) is 0. The Balaban J connectivity index is 1.29. The Hall–Kier alpha value is -1.04. The van der Waals surface area contributed by atoms with Crippen molar-refractivity contribution >= 4 is 6.08 Å². The maximum atomic E-state index is 2.41. The highest BCUT2D eigenvalue weighted by Crippen LogP contribution is 2.43. The van der Waals surface area contributed by atoms with Crippen molar-refractivity contribution in [1.29, 1.82) is 0 Å². The van der Waals surface area contributed by atoms with Gasteiger partial charge in [-0.2, -0.15) is 0 Å². The van der Waals surface area contributed by atoms with Gasteiger partial charge in [-0.15, -0.1) is 0 Å². The lowest BCUT2D eigenvalue weighted by molar-refractivity contribution is 0.140. The third-order valence-electron chi connectivity index (χ3n) is 8.11. The molecule has 0 N–H and O–H groups in total. The number of allylic oxidation sites excluding steroid dienone is 1. The molecule has 0 bridgehead atoms. The average molecular weight is 395 g/mol. The minimum Gasteiger partial charge on any atom is -0.0839 e. The Kier molecular flexibility index (Phi) is 9.84. The molecule has 0 heterocycles. The zero-order valence-electron chi connectivity index (χ0n) is 19.4. The van der Waals surface area contributed by atoms with Crippen molar-refractivity contribution in [2.75, 3.05) is 0 Å². The molecule has 1 aromatic rings. The monoisotopic (exact) mass is 394 g/mol. The van der Waals surface area contributed by atoms with Crippen molar-refractivity contribution in [2.24, 2.45) is 23.7 Å². The summed E-state index contributed by atoms with van der Waals surface area (Å²) in [5.74, 6) is 4.20. The smallest absolute Gasteiger partial charge is 0.0260 e. The molecule has 2 aliphatic rings. The minimum atomic E-state index is 0.990. The normalized spacial score (nSPS) is 28.1. The van der Waals surface area contributed by atoms with E-state index in [0.717, 1.165) is 30.1 Å². The van der Waals surface area contributed by atoms with E-state index in [-0.39, 0.29) is 0 Å². The molecular weight excluding hydrogens is 348 g/mol. The van der Waals surface area contributed by atoms with Crippen LogP contribution in [-0.4, -0.2) is 0 Å². The molecule has 3 rings (SSSR count). The van der Waals surface area contributed by atoms with Gasteiger partial charge in [0.05, 0.1) is 0 Å². The van der Waals surface area contributed by atoms with Crippen molar-refractivity contribution < 1.29 is 0 Å². The minimum absolute atomic E-state index is 0.990. The number of unbranched alkanes of at least 4 members (excludes halogenated alkanes) is 2. The van der Waals surface area contributed by atoms with Crippen LogP contribution in [0.15, 0.2) is 30.3 Å². The van der Waals surface area contributed by atoms with Gasteiger partial charge in [-0.05, 0) is 79.7 Å². The number of benzene rings is 1. The topological polar surface area (TPSA) is 0 Å². The van der Waals surface area contributed by atoms with Crippen LogP contribution < -0.4 is 0 Å². The van der Waals surface area contributed by atoms with Gasteiger partial charge in [0.1, 0.15) is 0 Å². The van der Waals surface area contributed by atoms with E-state index in [9.17, 15) is 0 Å². The van der Waals surface area contributed by atoms with Gasteiger partial charge >= 0.3 is 0 Å². The Bertz CT molecular complexity index is 565. The Morgan fingerprint density at radius 2 is 1.31 bits per heavy atom. The Morgan fingerprint density at radius 3 is 1.86 bits per heavy atom. The quantitative estimate of drug-likeness (QED) is 0.347. The second-order valence-electron chi connectivity index (χ2n) is 10.1. The molecule has 0 radical (unpaired) electrons. The molecule has 1 aromatic carbocycles. The molecule has 2 aliphatic carbocycles. The van der Waals surface area contributed by atoms with E-state index >= 15 is 0 Å². The summed E-state index contributed by atoms with van der Waals surface area (Å²) in [4.78, 5) is 0. The van der Waals surface area contributed by atoms with Crippen LogP contribution in [0.1, 0.15) is 115 Å². The lowest BCUT2D eigenvalue weighted by Gasteiger charge is -2.38. The molecule has 29 heavy (non-hydrogen) atoms. The zero-order valence-corrected chi connectivity index (χ0v) is 19.4. The highest BCUT2D eigenvalue weighted by molar-refractivity contribution is 5.49. The first-order valence-electron chi connectivity index (χ1n) is 13.0. The van der Waals surface area contributed by atoms with Crippen LogP contribution in [0.4, 0.5) is 0 Å². The van der Waals surface area contributed by atoms with Crippen molar-refractivity contribution in [2.45, 2.75) is 110 Å². The van der Waals surface area contributed by atoms with Crippen LogP contribution in [0.25, 0.3) is 6.08 Å². The number of hydrogen-bond acceptors (Lipinski definition) is 0. The van der Waals surface area contributed by atoms with Gasteiger partial charge in [-0.1, -0.05) is 102 Å². The molecule has 0 atom stereocenters. The summed E-state index contributed by atoms with van der Waals surface area (Å²) in [6, 6.07) is 9.05. The summed E-state index contributed by atoms with van der Waals surface area (Å²) in [5.41, 5.74) is 2.79. The second kappa shape index (κ2) is 12.6. The fraction of sp³-hybridized carbons (Fsp3) is 0.724. The molecule has 0 saturated heterocycles. The maximum Gasteiger partial charge on any atom is -0.0260 e. The number of rotatable bonds is 10. The van der Waals surface area contributed by atoms with Gasteiger partial charge in [0.15, 0.2) is 0 Å². The van der Waals surface area contributed by atoms with Crippen LogP contribution in [0.3, 0.4) is 0 Å². The van der Waals surface area contributed by atoms with E-state index in [1.165, 1.54) is 75.3 Å². The van der Waals surface area contributed by atoms with E-state index < -0.39 is 0 Å². The second-order valence-corrected chi connectivity index (χ2v) is 10.1. The van der Waals surface area contributed by atoms with Gasteiger partial charge in [0, 0.05) is 0 Å². The summed E-state index contributed by atoms with van der Waals surface area (Å²) < 4.78 is 0. The highest BCUT2D eigenvalue weighted by Gasteiger charge is 2.30. The SMILES string of the molecule is CCCCCC1CCC(C2CCC(CCC=Cc3ccc(CC)cc3)CC2)CC1. The molecule has 162 valence electrons. The summed E-state index contributed by atoms with van der Waals surface area (Å²) >= 11 is 0. The third kappa shape index (κ3) is 7.62. The molecule has 0 heteroatoms. The maximum absolute atomic E-state index is 2.41. The first-order chi connectivity index (χ1) is 14.3. The fourth-order valence-electron chi connectivity index (χ4n) is 6.00.